The molecule has 5 aliphatic rings. The number of imide groups is 1. The van der Waals surface area contributed by atoms with E-state index in [9.17, 15) is 19.2 Å². The van der Waals surface area contributed by atoms with Crippen LogP contribution in [0.4, 0.5) is 0 Å². The molecule has 1 aromatic rings. The van der Waals surface area contributed by atoms with Gasteiger partial charge in [-0.15, -0.1) is 0 Å². The average molecular weight is 455 g/mol. The van der Waals surface area contributed by atoms with Crippen molar-refractivity contribution in [3.63, 3.8) is 0 Å². The molecule has 4 fully saturated rings. The molecule has 33 heavy (non-hydrogen) atoms. The van der Waals surface area contributed by atoms with Gasteiger partial charge in [0.25, 0.3) is 17.7 Å². The molecular weight excluding hydrogens is 424 g/mol. The maximum atomic E-state index is 12.6. The van der Waals surface area contributed by atoms with Crippen LogP contribution in [0, 0.1) is 17.8 Å². The van der Waals surface area contributed by atoms with Crippen LogP contribution in [0.2, 0.25) is 0 Å². The van der Waals surface area contributed by atoms with E-state index >= 15 is 0 Å². The topological polar surface area (TPSA) is 102 Å². The van der Waals surface area contributed by atoms with Gasteiger partial charge >= 0.3 is 5.97 Å². The Bertz CT molecular complexity index is 967. The number of nitrogens with zero attached hydrogens (tertiary/aromatic N) is 1. The highest BCUT2D eigenvalue weighted by molar-refractivity contribution is 6.22. The third kappa shape index (κ3) is 4.16. The Kier molecular flexibility index (Phi) is 5.72. The van der Waals surface area contributed by atoms with E-state index < -0.39 is 11.9 Å². The highest BCUT2D eigenvalue weighted by Crippen LogP contribution is 2.55. The first kappa shape index (κ1) is 22.1. The number of methoxy groups -OCH3 is 1. The molecule has 6 rings (SSSR count). The predicted octanol–water partition coefficient (Wildman–Crippen LogP) is 2.56. The minimum Gasteiger partial charge on any atom is -0.452 e. The van der Waals surface area contributed by atoms with Crippen LogP contribution in [0.5, 0.6) is 0 Å². The molecule has 0 aromatic heterocycles. The average Bonchev–Trinajstić information content (AvgIpc) is 3.00. The Morgan fingerprint density at radius 1 is 1.03 bits per heavy atom. The lowest BCUT2D eigenvalue weighted by atomic mass is 9.53. The van der Waals surface area contributed by atoms with Gasteiger partial charge in [0.1, 0.15) is 0 Å². The van der Waals surface area contributed by atoms with Crippen LogP contribution < -0.4 is 5.32 Å². The summed E-state index contributed by atoms with van der Waals surface area (Å²) >= 11 is 0. The number of benzene rings is 1. The highest BCUT2D eigenvalue weighted by atomic mass is 16.5. The van der Waals surface area contributed by atoms with E-state index in [0.29, 0.717) is 30.8 Å². The molecule has 1 aromatic carbocycles. The number of hydrogen-bond donors (Lipinski definition) is 1. The number of amides is 3. The zero-order valence-electron chi connectivity index (χ0n) is 18.9. The second-order valence-corrected chi connectivity index (χ2v) is 10.2. The molecule has 0 spiro atoms. The second kappa shape index (κ2) is 8.56. The van der Waals surface area contributed by atoms with E-state index in [-0.39, 0.29) is 47.2 Å². The van der Waals surface area contributed by atoms with Crippen molar-refractivity contribution < 1.29 is 28.7 Å². The summed E-state index contributed by atoms with van der Waals surface area (Å²) in [6, 6.07) is 4.31. The van der Waals surface area contributed by atoms with Crippen LogP contribution in [0.3, 0.4) is 0 Å². The highest BCUT2D eigenvalue weighted by Gasteiger charge is 2.51. The van der Waals surface area contributed by atoms with Crippen molar-refractivity contribution in [2.75, 3.05) is 26.9 Å². The van der Waals surface area contributed by atoms with Gasteiger partial charge < -0.3 is 14.8 Å². The first-order valence-corrected chi connectivity index (χ1v) is 11.8. The first-order valence-electron chi connectivity index (χ1n) is 11.8. The summed E-state index contributed by atoms with van der Waals surface area (Å²) in [7, 11) is 1.56. The van der Waals surface area contributed by atoms with Crippen LogP contribution in [0.15, 0.2) is 18.2 Å². The number of hydrogen-bond acceptors (Lipinski definition) is 6. The number of nitrogens with one attached hydrogen (secondary N) is 1. The molecule has 8 heteroatoms. The van der Waals surface area contributed by atoms with Gasteiger partial charge in [-0.05, 0) is 80.9 Å². The van der Waals surface area contributed by atoms with E-state index in [4.69, 9.17) is 9.47 Å². The van der Waals surface area contributed by atoms with Crippen molar-refractivity contribution in [3.8, 4) is 0 Å². The van der Waals surface area contributed by atoms with Gasteiger partial charge in [-0.2, -0.15) is 0 Å². The molecule has 0 saturated heterocycles. The first-order chi connectivity index (χ1) is 15.9. The van der Waals surface area contributed by atoms with Crippen molar-refractivity contribution in [3.05, 3.63) is 34.9 Å². The third-order valence-corrected chi connectivity index (χ3v) is 7.71. The maximum absolute atomic E-state index is 12.6. The molecular formula is C25H30N2O6. The summed E-state index contributed by atoms with van der Waals surface area (Å²) in [5.41, 5.74) is 0.472. The Hall–Kier alpha value is -2.74. The van der Waals surface area contributed by atoms with Crippen molar-refractivity contribution in [1.82, 2.24) is 10.2 Å². The molecule has 0 atom stereocenters. The molecule has 0 unspecified atom stereocenters. The van der Waals surface area contributed by atoms with Crippen LogP contribution in [0.25, 0.3) is 0 Å². The van der Waals surface area contributed by atoms with Gasteiger partial charge in [0, 0.05) is 25.8 Å². The molecule has 0 radical (unpaired) electrons. The van der Waals surface area contributed by atoms with E-state index in [0.717, 1.165) is 24.2 Å². The molecule has 1 heterocycles. The van der Waals surface area contributed by atoms with Crippen LogP contribution in [0.1, 0.15) is 76.0 Å². The standard InChI is InChI=1S/C25H30N2O6/c1-32-6-2-5-27-22(29)19-4-3-18(10-20(19)23(27)30)24(31)33-14-21(28)26-25-11-15-7-16(12-25)9-17(8-15)13-25/h3-4,10,15-17H,2,5-9,11-14H2,1H3,(H,26,28). The molecule has 8 nitrogen and oxygen atoms in total. The van der Waals surface area contributed by atoms with Crippen LogP contribution in [-0.2, 0) is 14.3 Å². The summed E-state index contributed by atoms with van der Waals surface area (Å²) in [5.74, 6) is 0.360. The summed E-state index contributed by atoms with van der Waals surface area (Å²) in [4.78, 5) is 51.5. The molecule has 1 N–H and O–H groups in total. The molecule has 3 amide bonds. The van der Waals surface area contributed by atoms with Crippen molar-refractivity contribution in [1.29, 1.82) is 0 Å². The van der Waals surface area contributed by atoms with Gasteiger partial charge in [-0.1, -0.05) is 0 Å². The maximum Gasteiger partial charge on any atom is 0.338 e. The molecule has 4 saturated carbocycles. The van der Waals surface area contributed by atoms with Gasteiger partial charge in [-0.25, -0.2) is 4.79 Å². The SMILES string of the molecule is COCCCN1C(=O)c2ccc(C(=O)OCC(=O)NC34CC5CC(CC(C5)C3)C4)cc2C1=O. The third-order valence-electron chi connectivity index (χ3n) is 7.71. The quantitative estimate of drug-likeness (QED) is 0.368. The number of rotatable bonds is 8. The second-order valence-electron chi connectivity index (χ2n) is 10.2. The number of carbonyl (C=O) groups is 4. The fraction of sp³-hybridized carbons (Fsp3) is 0.600. The monoisotopic (exact) mass is 454 g/mol. The summed E-state index contributed by atoms with van der Waals surface area (Å²) in [5, 5.41) is 3.18. The van der Waals surface area contributed by atoms with Crippen molar-refractivity contribution in [2.45, 2.75) is 50.5 Å². The zero-order valence-corrected chi connectivity index (χ0v) is 18.9. The Morgan fingerprint density at radius 2 is 1.67 bits per heavy atom. The van der Waals surface area contributed by atoms with E-state index in [1.54, 1.807) is 7.11 Å². The van der Waals surface area contributed by atoms with Gasteiger partial charge in [0.15, 0.2) is 6.61 Å². The Labute approximate surface area is 193 Å². The number of ether oxygens (including phenoxy) is 2. The molecule has 176 valence electrons. The van der Waals surface area contributed by atoms with Crippen LogP contribution in [-0.4, -0.2) is 61.0 Å². The van der Waals surface area contributed by atoms with E-state index in [1.807, 2.05) is 0 Å². The van der Waals surface area contributed by atoms with Gasteiger partial charge in [0.05, 0.1) is 16.7 Å². The van der Waals surface area contributed by atoms with E-state index in [1.165, 1.54) is 37.5 Å². The Morgan fingerprint density at radius 3 is 2.30 bits per heavy atom. The molecule has 1 aliphatic heterocycles. The van der Waals surface area contributed by atoms with Crippen molar-refractivity contribution >= 4 is 23.7 Å². The molecule has 4 aliphatic carbocycles. The minimum absolute atomic E-state index is 0.134. The fourth-order valence-electron chi connectivity index (χ4n) is 6.80. The smallest absolute Gasteiger partial charge is 0.338 e. The minimum atomic E-state index is -0.684. The summed E-state index contributed by atoms with van der Waals surface area (Å²) < 4.78 is 10.2. The molecule has 4 bridgehead atoms. The largest absolute Gasteiger partial charge is 0.452 e. The van der Waals surface area contributed by atoms with Gasteiger partial charge in [-0.3, -0.25) is 19.3 Å². The lowest BCUT2D eigenvalue weighted by Crippen LogP contribution is -2.60. The number of carbonyl (C=O) groups excluding carboxylic acids is 4. The zero-order chi connectivity index (χ0) is 23.2. The summed E-state index contributed by atoms with van der Waals surface area (Å²) in [6.45, 7) is 0.342. The van der Waals surface area contributed by atoms with Crippen LogP contribution >= 0.6 is 0 Å². The van der Waals surface area contributed by atoms with Gasteiger partial charge in [0.2, 0.25) is 0 Å². The van der Waals surface area contributed by atoms with E-state index in [2.05, 4.69) is 5.32 Å². The fourth-order valence-corrected chi connectivity index (χ4v) is 6.80. The van der Waals surface area contributed by atoms with Crippen molar-refractivity contribution in [2.24, 2.45) is 17.8 Å². The Balaban J connectivity index is 1.18. The summed E-state index contributed by atoms with van der Waals surface area (Å²) in [6.07, 6.45) is 7.48. The number of fused-ring (bicyclic) bond motifs is 1. The number of esters is 1. The lowest BCUT2D eigenvalue weighted by Gasteiger charge is -2.56. The predicted molar refractivity (Wildman–Crippen MR) is 118 cm³/mol. The normalized spacial score (nSPS) is 29.4. The lowest BCUT2D eigenvalue weighted by molar-refractivity contribution is -0.130.